The second-order valence-electron chi connectivity index (χ2n) is 8.56. The van der Waals surface area contributed by atoms with E-state index in [1.54, 1.807) is 24.2 Å². The maximum Gasteiger partial charge on any atom is 0.413 e. The van der Waals surface area contributed by atoms with E-state index < -0.39 is 6.09 Å². The molecule has 0 spiro atoms. The number of allylic oxidation sites excluding steroid dienone is 2. The van der Waals surface area contributed by atoms with Crippen LogP contribution in [0.2, 0.25) is 0 Å². The van der Waals surface area contributed by atoms with Crippen LogP contribution in [0.3, 0.4) is 0 Å². The molecule has 0 aromatic heterocycles. The summed E-state index contributed by atoms with van der Waals surface area (Å²) in [6.07, 6.45) is 13.3. The van der Waals surface area contributed by atoms with Crippen molar-refractivity contribution in [2.24, 2.45) is 15.7 Å². The fraction of sp³-hybridized carbons (Fsp3) is 0.458. The summed E-state index contributed by atoms with van der Waals surface area (Å²) in [6.45, 7) is 1.59. The topological polar surface area (TPSA) is 178 Å². The molecule has 5 aliphatic rings. The van der Waals surface area contributed by atoms with Gasteiger partial charge in [0.25, 0.3) is 0 Å². The minimum absolute atomic E-state index is 0. The standard InChI is InChI=1S/C9H13N4O2.C8H12N4O2.C7H9NO2.ClH.Y/c1-12-6-4-3-5-13(9(14)15-2)7(6)11-8(12)10;1-14-8(13)12-4-2-3-5-6(12)11-7(9)10-5;1-10-7(9)8-5-3-2-4-6-8;;/h3-4,6-7H,5H2,1-2H3,(H-,10,11);2-3,5-6H,4H2,1H3,(H3,9,10,11);2-5H,6H2,1H3;1H;/q-1;;;;/t6-,7+;5-,6+;;;/m11.../s1. The van der Waals surface area contributed by atoms with Crippen molar-refractivity contribution in [3.63, 3.8) is 0 Å². The number of aliphatic imine (C=N–C) groups is 2. The second-order valence-corrected chi connectivity index (χ2v) is 8.56. The number of rotatable bonds is 0. The molecule has 5 aliphatic heterocycles. The number of carbonyl (C=O) groups excluding carboxylic acids is 3. The van der Waals surface area contributed by atoms with Gasteiger partial charge in [-0.2, -0.15) is 0 Å². The van der Waals surface area contributed by atoms with Gasteiger partial charge >= 0.3 is 18.3 Å². The summed E-state index contributed by atoms with van der Waals surface area (Å²) < 4.78 is 13.8. The van der Waals surface area contributed by atoms with E-state index in [1.807, 2.05) is 36.5 Å². The molecule has 0 saturated heterocycles. The molecule has 41 heavy (non-hydrogen) atoms. The Morgan fingerprint density at radius 2 is 1.49 bits per heavy atom. The minimum Gasteiger partial charge on any atom is -0.453 e. The Balaban J connectivity index is 0.000000306. The van der Waals surface area contributed by atoms with E-state index in [0.717, 1.165) is 0 Å². The Morgan fingerprint density at radius 1 is 0.902 bits per heavy atom. The van der Waals surface area contributed by atoms with Gasteiger partial charge in [-0.15, -0.1) is 12.4 Å². The van der Waals surface area contributed by atoms with Gasteiger partial charge < -0.3 is 40.9 Å². The molecule has 5 rings (SSSR count). The van der Waals surface area contributed by atoms with Crippen molar-refractivity contribution in [3.05, 3.63) is 54.5 Å². The summed E-state index contributed by atoms with van der Waals surface area (Å²) >= 11 is 0. The van der Waals surface area contributed by atoms with Crippen LogP contribution in [0.25, 0.3) is 5.73 Å². The average molecular weight is 670 g/mol. The van der Waals surface area contributed by atoms with Crippen molar-refractivity contribution < 1.29 is 61.3 Å². The van der Waals surface area contributed by atoms with Crippen LogP contribution in [0.1, 0.15) is 0 Å². The number of fused-ring (bicyclic) bond motifs is 2. The third-order valence-electron chi connectivity index (χ3n) is 6.21. The van der Waals surface area contributed by atoms with E-state index in [-0.39, 0.29) is 87.7 Å². The number of ether oxygens (including phenoxy) is 3. The van der Waals surface area contributed by atoms with Gasteiger partial charge in [0, 0.05) is 70.5 Å². The first-order valence-electron chi connectivity index (χ1n) is 12.0. The average Bonchev–Trinajstić information content (AvgIpc) is 3.50. The number of likely N-dealkylation sites (N-methyl/N-ethyl adjacent to an activating group) is 1. The molecule has 1 radical (unpaired) electrons. The molecular weight excluding hydrogens is 635 g/mol. The van der Waals surface area contributed by atoms with Gasteiger partial charge in [-0.05, 0) is 13.1 Å². The van der Waals surface area contributed by atoms with Crippen molar-refractivity contribution in [2.75, 3.05) is 48.0 Å². The number of carbonyl (C=O) groups is 3. The van der Waals surface area contributed by atoms with Gasteiger partial charge in [0.2, 0.25) is 0 Å². The van der Waals surface area contributed by atoms with Gasteiger partial charge in [-0.3, -0.25) is 14.7 Å². The van der Waals surface area contributed by atoms with Crippen LogP contribution >= 0.6 is 12.4 Å². The van der Waals surface area contributed by atoms with Gasteiger partial charge in [-0.1, -0.05) is 36.5 Å². The maximum atomic E-state index is 11.4. The molecule has 17 heteroatoms. The fourth-order valence-corrected chi connectivity index (χ4v) is 4.20. The zero-order valence-corrected chi connectivity index (χ0v) is 26.9. The molecule has 0 aliphatic carbocycles. The smallest absolute Gasteiger partial charge is 0.413 e. The largest absolute Gasteiger partial charge is 0.453 e. The minimum atomic E-state index is -0.402. The zero-order valence-electron chi connectivity index (χ0n) is 23.2. The summed E-state index contributed by atoms with van der Waals surface area (Å²) in [5, 5.41) is 2.96. The normalized spacial score (nSPS) is 24.3. The third kappa shape index (κ3) is 8.84. The molecule has 0 fully saturated rings. The Kier molecular flexibility index (Phi) is 14.7. The van der Waals surface area contributed by atoms with E-state index in [9.17, 15) is 14.4 Å². The molecule has 0 saturated carbocycles. The summed E-state index contributed by atoms with van der Waals surface area (Å²) in [4.78, 5) is 48.1. The second kappa shape index (κ2) is 16.8. The van der Waals surface area contributed by atoms with Crippen LogP contribution in [-0.2, 0) is 46.9 Å². The quantitative estimate of drug-likeness (QED) is 0.285. The number of nitrogens with two attached hydrogens (primary N) is 1. The molecule has 0 aromatic rings. The van der Waals surface area contributed by atoms with Crippen molar-refractivity contribution >= 4 is 42.6 Å². The van der Waals surface area contributed by atoms with Crippen LogP contribution in [0.15, 0.2) is 58.7 Å². The summed E-state index contributed by atoms with van der Waals surface area (Å²) in [5.74, 6) is 0.561. The Morgan fingerprint density at radius 3 is 2.05 bits per heavy atom. The molecule has 15 nitrogen and oxygen atoms in total. The molecule has 0 aromatic carbocycles. The van der Waals surface area contributed by atoms with Crippen LogP contribution < -0.4 is 11.1 Å². The van der Waals surface area contributed by atoms with Crippen LogP contribution in [-0.4, -0.2) is 122 Å². The van der Waals surface area contributed by atoms with Crippen molar-refractivity contribution in [3.8, 4) is 0 Å². The van der Waals surface area contributed by atoms with E-state index in [2.05, 4.69) is 29.5 Å². The fourth-order valence-electron chi connectivity index (χ4n) is 4.20. The molecule has 4 N–H and O–H groups in total. The number of methoxy groups -OCH3 is 3. The van der Waals surface area contributed by atoms with E-state index in [0.29, 0.717) is 25.6 Å². The van der Waals surface area contributed by atoms with Gasteiger partial charge in [0.1, 0.15) is 0 Å². The summed E-state index contributed by atoms with van der Waals surface area (Å²) in [7, 11) is 5.86. The summed E-state index contributed by atoms with van der Waals surface area (Å²) in [6, 6.07) is -0.0619. The summed E-state index contributed by atoms with van der Waals surface area (Å²) in [5.41, 5.74) is 13.1. The number of nitrogens with zero attached hydrogens (tertiary/aromatic N) is 6. The number of halogens is 1. The first-order chi connectivity index (χ1) is 18.7. The van der Waals surface area contributed by atoms with E-state index >= 15 is 0 Å². The molecule has 5 heterocycles. The maximum absolute atomic E-state index is 11.4. The van der Waals surface area contributed by atoms with Crippen LogP contribution in [0.5, 0.6) is 0 Å². The number of hydrogen-bond donors (Lipinski definition) is 2. The third-order valence-corrected chi connectivity index (χ3v) is 6.21. The Labute approximate surface area is 270 Å². The molecule has 0 unspecified atom stereocenters. The number of amides is 3. The van der Waals surface area contributed by atoms with Crippen LogP contribution in [0, 0.1) is 0 Å². The van der Waals surface area contributed by atoms with Gasteiger partial charge in [0.05, 0.1) is 33.5 Å². The predicted octanol–water partition coefficient (Wildman–Crippen LogP) is 1.47. The first-order valence-corrected chi connectivity index (χ1v) is 12.0. The van der Waals surface area contributed by atoms with Crippen LogP contribution in [0.4, 0.5) is 14.4 Å². The zero-order chi connectivity index (χ0) is 28.5. The number of nitrogens with one attached hydrogen (secondary N) is 2. The number of hydrogen-bond acceptors (Lipinski definition) is 11. The Hall–Kier alpha value is -3.30. The Bertz CT molecular complexity index is 1120. The molecule has 0 bridgehead atoms. The van der Waals surface area contributed by atoms with Gasteiger partial charge in [0.15, 0.2) is 12.1 Å². The first kappa shape index (κ1) is 35.7. The molecular formula is C24H35ClN9O6Y-. The monoisotopic (exact) mass is 669 g/mol. The van der Waals surface area contributed by atoms with Crippen molar-refractivity contribution in [1.29, 1.82) is 0 Å². The van der Waals surface area contributed by atoms with E-state index in [1.165, 1.54) is 36.0 Å². The number of guanidine groups is 2. The molecule has 223 valence electrons. The predicted molar refractivity (Wildman–Crippen MR) is 151 cm³/mol. The van der Waals surface area contributed by atoms with Crippen molar-refractivity contribution in [2.45, 2.75) is 24.4 Å². The molecule has 4 atom stereocenters. The van der Waals surface area contributed by atoms with Gasteiger partial charge in [-0.25, -0.2) is 19.4 Å². The SMILES string of the molecule is COC(=O)N1C=CC=CC1.COC(=O)N1CC=C[C@@H]2[C@H]1N=C([NH-])N2C.COC(=O)N1CC=C[C@H]2NC(N)=N[C@H]21.Cl.[Y]. The van der Waals surface area contributed by atoms with Crippen molar-refractivity contribution in [1.82, 2.24) is 24.9 Å². The van der Waals surface area contributed by atoms with E-state index in [4.69, 9.17) is 11.5 Å². The molecule has 3 amide bonds.